The van der Waals surface area contributed by atoms with Gasteiger partial charge in [-0.1, -0.05) is 94.9 Å². The Bertz CT molecular complexity index is 3180. The second-order valence-electron chi connectivity index (χ2n) is 22.4. The highest BCUT2D eigenvalue weighted by Crippen LogP contribution is 2.20. The van der Waals surface area contributed by atoms with E-state index < -0.39 is 29.2 Å². The fourth-order valence-electron chi connectivity index (χ4n) is 7.62. The monoisotopic (exact) mass is 1370 g/mol. The third-order valence-corrected chi connectivity index (χ3v) is 13.7. The van der Waals surface area contributed by atoms with E-state index in [-0.39, 0.29) is 45.5 Å². The van der Waals surface area contributed by atoms with Gasteiger partial charge in [0.15, 0.2) is 28.1 Å². The number of carbonyl (C=O) groups is 2. The molecule has 0 unspecified atom stereocenters. The molecule has 0 spiro atoms. The van der Waals surface area contributed by atoms with Gasteiger partial charge in [-0.05, 0) is 141 Å². The number of amides is 2. The zero-order valence-electron chi connectivity index (χ0n) is 55.5. The normalized spacial score (nSPS) is 16.8. The number of aromatic amines is 1. The van der Waals surface area contributed by atoms with Crippen molar-refractivity contribution in [2.45, 2.75) is 159 Å². The maximum Gasteiger partial charge on any atom is 0.287 e. The molecule has 0 aliphatic carbocycles. The van der Waals surface area contributed by atoms with Crippen molar-refractivity contribution in [3.63, 3.8) is 0 Å². The van der Waals surface area contributed by atoms with Gasteiger partial charge in [0.2, 0.25) is 5.83 Å². The largest absolute Gasteiger partial charge is 0.384 e. The molecule has 20 nitrogen and oxygen atoms in total. The van der Waals surface area contributed by atoms with Crippen LogP contribution >= 0.6 is 61.1 Å². The average Bonchev–Trinajstić information content (AvgIpc) is 2.48. The Kier molecular flexibility index (Phi) is 34.3. The SMILES string of the molecule is C=C1N=C(N)C(F)=CN1C(C)C.C=C1N=C(N)C=CN1C(C)C.C=C1NC(=O)C(F)=CN1C(C)C.C=C1NC(=O)C=CN1C(C)C.C=C1NC(=S)C(F)=CN1C(C)C.C=C1NC(=S)C=CN1C(C)C.C=C1NC(=S)C=CN1C(C)C.CC(C)n1cc(F)c(=S)[nH]c1=S. The zero-order valence-corrected chi connectivity index (χ0v) is 59.6. The van der Waals surface area contributed by atoms with Crippen LogP contribution in [-0.4, -0.2) is 125 Å². The van der Waals surface area contributed by atoms with E-state index in [4.69, 9.17) is 60.3 Å². The molecular formula is C63H92F4N18O2S5. The number of aromatic nitrogens is 2. The fraction of sp³-hybridized carbons (Fsp3) is 0.381. The van der Waals surface area contributed by atoms with Crippen LogP contribution in [0.5, 0.6) is 0 Å². The van der Waals surface area contributed by atoms with E-state index >= 15 is 0 Å². The number of rotatable bonds is 8. The van der Waals surface area contributed by atoms with Gasteiger partial charge in [-0.3, -0.25) is 9.59 Å². The Morgan fingerprint density at radius 3 is 1.21 bits per heavy atom. The average molecular weight is 1370 g/mol. The summed E-state index contributed by atoms with van der Waals surface area (Å²) in [5.41, 5.74) is 10.7. The predicted molar refractivity (Wildman–Crippen MR) is 384 cm³/mol. The summed E-state index contributed by atoms with van der Waals surface area (Å²) >= 11 is 24.2. The first-order valence-corrected chi connectivity index (χ1v) is 31.0. The second kappa shape index (κ2) is 38.6. The third kappa shape index (κ3) is 27.3. The Morgan fingerprint density at radius 1 is 0.435 bits per heavy atom. The fourth-order valence-corrected chi connectivity index (χ4v) is 8.73. The van der Waals surface area contributed by atoms with Crippen molar-refractivity contribution < 1.29 is 27.2 Å². The first-order valence-electron chi connectivity index (χ1n) is 28.9. The van der Waals surface area contributed by atoms with Gasteiger partial charge in [0.1, 0.15) is 66.2 Å². The van der Waals surface area contributed by atoms with Gasteiger partial charge in [0.05, 0.1) is 0 Å². The lowest BCUT2D eigenvalue weighted by Crippen LogP contribution is -2.40. The van der Waals surface area contributed by atoms with Crippen LogP contribution < -0.4 is 38.1 Å². The predicted octanol–water partition coefficient (Wildman–Crippen LogP) is 12.5. The minimum absolute atomic E-state index is 0.0666. The zero-order chi connectivity index (χ0) is 70.9. The minimum atomic E-state index is -0.781. The number of nitrogens with zero attached hydrogens (tertiary/aromatic N) is 10. The van der Waals surface area contributed by atoms with E-state index in [1.807, 2.05) is 120 Å². The molecular weight excluding hydrogens is 1280 g/mol. The lowest BCUT2D eigenvalue weighted by molar-refractivity contribution is -0.119. The molecule has 0 radical (unpaired) electrons. The minimum Gasteiger partial charge on any atom is -0.384 e. The summed E-state index contributed by atoms with van der Waals surface area (Å²) in [6.45, 7) is 58.1. The second-order valence-corrected chi connectivity index (χ2v) is 24.5. The number of thiocarbonyl (C=S) groups is 3. The number of hydrogen-bond acceptors (Lipinski definition) is 18. The van der Waals surface area contributed by atoms with E-state index in [2.05, 4.69) is 141 Å². The molecule has 7 aliphatic heterocycles. The van der Waals surface area contributed by atoms with Crippen molar-refractivity contribution in [3.8, 4) is 0 Å². The van der Waals surface area contributed by atoms with Crippen molar-refractivity contribution in [2.75, 3.05) is 0 Å². The van der Waals surface area contributed by atoms with Gasteiger partial charge in [0.25, 0.3) is 11.8 Å². The van der Waals surface area contributed by atoms with E-state index in [9.17, 15) is 27.2 Å². The number of nitrogens with one attached hydrogen (secondary N) is 6. The molecule has 0 aromatic carbocycles. The molecule has 1 aromatic heterocycles. The van der Waals surface area contributed by atoms with Crippen molar-refractivity contribution in [1.29, 1.82) is 0 Å². The van der Waals surface area contributed by atoms with Crippen molar-refractivity contribution in [2.24, 2.45) is 21.5 Å². The molecule has 92 heavy (non-hydrogen) atoms. The molecule has 8 heterocycles. The molecule has 504 valence electrons. The van der Waals surface area contributed by atoms with Gasteiger partial charge in [-0.25, -0.2) is 23.2 Å². The molecule has 2 amide bonds. The van der Waals surface area contributed by atoms with Gasteiger partial charge in [-0.15, -0.1) is 0 Å². The molecule has 0 saturated carbocycles. The summed E-state index contributed by atoms with van der Waals surface area (Å²) in [7, 11) is 0. The van der Waals surface area contributed by atoms with Crippen LogP contribution in [0.25, 0.3) is 0 Å². The number of amidine groups is 2. The Labute approximate surface area is 567 Å². The number of H-pyrrole nitrogens is 1. The topological polar surface area (TPSA) is 214 Å². The molecule has 7 aliphatic rings. The van der Waals surface area contributed by atoms with E-state index in [0.717, 1.165) is 27.8 Å². The lowest BCUT2D eigenvalue weighted by atomic mass is 10.3. The highest BCUT2D eigenvalue weighted by atomic mass is 32.1. The summed E-state index contributed by atoms with van der Waals surface area (Å²) in [5.74, 6) is 2.03. The quantitative estimate of drug-likeness (QED) is 0.0897. The van der Waals surface area contributed by atoms with E-state index in [1.54, 1.807) is 31.5 Å². The van der Waals surface area contributed by atoms with Crippen LogP contribution in [0, 0.1) is 15.2 Å². The molecule has 10 N–H and O–H groups in total. The van der Waals surface area contributed by atoms with Crippen LogP contribution in [0.1, 0.15) is 117 Å². The van der Waals surface area contributed by atoms with E-state index in [0.29, 0.717) is 63.9 Å². The molecule has 0 atom stereocenters. The summed E-state index contributed by atoms with van der Waals surface area (Å²) in [6.07, 6.45) is 19.7. The molecule has 1 aromatic rings. The molecule has 0 saturated heterocycles. The van der Waals surface area contributed by atoms with Crippen molar-refractivity contribution >= 4 is 99.5 Å². The Balaban J connectivity index is 0.000000526. The maximum absolute atomic E-state index is 12.9. The standard InChI is InChI=1S/C8H12FN3.C8H11FN2O.C8H11FN2S.C8H13N3.C8H12N2O.2C8H12N2S.C7H9FN2S2/c1-5(2)12-4-7(9)8(10)11-6(12)3;2*1-5(2)11-4-7(9)8(12)10-6(11)3;1-6(2)11-5-4-8(9)10-7(11)3;3*1-6(2)10-5-4-8(11)9-7(10)3;1-4(2)10-3-5(8)6(11)9-7(10)12/h4-5H,3H2,1-2H3,(H2,10,11);2*4-5H,3H2,1-2H3,(H,10,12);4-6H,3H2,1-2H3,(H2,9,10);3*4-6H,3H2,1-2H3,(H,9,11);3-4H,1-2H3,(H,9,11,12). The molecule has 0 bridgehead atoms. The van der Waals surface area contributed by atoms with Crippen LogP contribution in [0.4, 0.5) is 17.6 Å². The smallest absolute Gasteiger partial charge is 0.287 e. The first kappa shape index (κ1) is 81.8. The van der Waals surface area contributed by atoms with Gasteiger partial charge >= 0.3 is 0 Å². The maximum atomic E-state index is 12.9. The van der Waals surface area contributed by atoms with Crippen molar-refractivity contribution in [3.05, 3.63) is 193 Å². The molecule has 8 rings (SSSR count). The number of hydrogen-bond donors (Lipinski definition) is 8. The Morgan fingerprint density at radius 2 is 0.804 bits per heavy atom. The van der Waals surface area contributed by atoms with Gasteiger partial charge in [0, 0.05) is 104 Å². The molecule has 0 fully saturated rings. The van der Waals surface area contributed by atoms with Crippen LogP contribution in [0.15, 0.2) is 188 Å². The first-order chi connectivity index (χ1) is 42.5. The van der Waals surface area contributed by atoms with Crippen LogP contribution in [0.3, 0.4) is 0 Å². The molecule has 29 heteroatoms. The summed E-state index contributed by atoms with van der Waals surface area (Å²) in [4.78, 5) is 46.3. The van der Waals surface area contributed by atoms with Gasteiger partial charge in [-0.2, -0.15) is 4.39 Å². The summed E-state index contributed by atoms with van der Waals surface area (Å²) < 4.78 is 53.6. The van der Waals surface area contributed by atoms with Gasteiger partial charge < -0.3 is 81.9 Å². The highest BCUT2D eigenvalue weighted by Gasteiger charge is 2.23. The highest BCUT2D eigenvalue weighted by molar-refractivity contribution is 7.81. The van der Waals surface area contributed by atoms with E-state index in [1.165, 1.54) is 24.7 Å². The Hall–Kier alpha value is -8.25. The van der Waals surface area contributed by atoms with Crippen LogP contribution in [0.2, 0.25) is 0 Å². The summed E-state index contributed by atoms with van der Waals surface area (Å²) in [5, 5.41) is 13.6. The van der Waals surface area contributed by atoms with Crippen molar-refractivity contribution in [1.82, 2.24) is 70.4 Å². The van der Waals surface area contributed by atoms with Crippen LogP contribution in [-0.2, 0) is 9.59 Å². The number of aliphatic imine (C=N–C) groups is 2. The summed E-state index contributed by atoms with van der Waals surface area (Å²) in [6, 6.07) is 2.11. The number of carbonyl (C=O) groups excluding carboxylic acids is 2. The third-order valence-electron chi connectivity index (χ3n) is 12.4. The number of halogens is 4. The lowest BCUT2D eigenvalue weighted by Gasteiger charge is -2.31. The number of nitrogens with two attached hydrogens (primary N) is 2.